The van der Waals surface area contributed by atoms with Crippen molar-refractivity contribution in [3.8, 4) is 17.6 Å². The van der Waals surface area contributed by atoms with Crippen molar-refractivity contribution in [1.82, 2.24) is 25.4 Å². The Bertz CT molecular complexity index is 2060. The summed E-state index contributed by atoms with van der Waals surface area (Å²) >= 11 is 6.24. The molecule has 1 atom stereocenters. The number of nitrogens with zero attached hydrogens (tertiary/aromatic N) is 5. The van der Waals surface area contributed by atoms with Crippen molar-refractivity contribution in [1.29, 1.82) is 5.26 Å². The highest BCUT2D eigenvalue weighted by Crippen LogP contribution is 2.55. The van der Waals surface area contributed by atoms with Crippen LogP contribution in [0.25, 0.3) is 0 Å². The summed E-state index contributed by atoms with van der Waals surface area (Å²) in [5.41, 5.74) is 1.60. The minimum atomic E-state index is -0.626. The minimum absolute atomic E-state index is 0.144. The van der Waals surface area contributed by atoms with Gasteiger partial charge < -0.3 is 24.6 Å². The third-order valence-corrected chi connectivity index (χ3v) is 12.3. The SMILES string of the molecule is CC1(C)C(NC(=O)c2ccc(N3CCN(CCCCCOc4ccc5c(c4)C(=O)N(C4CCC(=O)NC4=O)C5)CC3)nc2)C(C)(C)C1Oc1ccc(C#N)c(Cl)c1. The predicted molar refractivity (Wildman–Crippen MR) is 214 cm³/mol. The zero-order valence-corrected chi connectivity index (χ0v) is 33.7. The zero-order chi connectivity index (χ0) is 40.5. The van der Waals surface area contributed by atoms with Crippen molar-refractivity contribution in [2.45, 2.75) is 84.5 Å². The van der Waals surface area contributed by atoms with Crippen LogP contribution in [0.1, 0.15) is 91.6 Å². The summed E-state index contributed by atoms with van der Waals surface area (Å²) in [5.74, 6) is 1.02. The molecule has 7 rings (SSSR count). The van der Waals surface area contributed by atoms with Gasteiger partial charge in [0, 0.05) is 73.8 Å². The number of amides is 4. The van der Waals surface area contributed by atoms with E-state index in [0.29, 0.717) is 52.8 Å². The number of nitriles is 1. The fourth-order valence-corrected chi connectivity index (χ4v) is 9.36. The summed E-state index contributed by atoms with van der Waals surface area (Å²) in [5, 5.41) is 15.1. The highest BCUT2D eigenvalue weighted by Gasteiger charge is 2.64. The first-order chi connectivity index (χ1) is 27.3. The van der Waals surface area contributed by atoms with Gasteiger partial charge in [-0.3, -0.25) is 29.4 Å². The van der Waals surface area contributed by atoms with Gasteiger partial charge in [-0.25, -0.2) is 4.98 Å². The monoisotopic (exact) mass is 795 g/mol. The van der Waals surface area contributed by atoms with Gasteiger partial charge in [0.2, 0.25) is 11.8 Å². The van der Waals surface area contributed by atoms with Gasteiger partial charge in [-0.2, -0.15) is 5.26 Å². The van der Waals surface area contributed by atoms with Crippen LogP contribution in [0.3, 0.4) is 0 Å². The molecule has 3 fully saturated rings. The predicted octanol–water partition coefficient (Wildman–Crippen LogP) is 5.35. The number of imide groups is 1. The van der Waals surface area contributed by atoms with Gasteiger partial charge in [-0.15, -0.1) is 0 Å². The Kier molecular flexibility index (Phi) is 11.5. The Morgan fingerprint density at radius 1 is 0.982 bits per heavy atom. The van der Waals surface area contributed by atoms with E-state index in [2.05, 4.69) is 59.2 Å². The molecule has 1 saturated carbocycles. The van der Waals surface area contributed by atoms with Crippen LogP contribution < -0.4 is 25.0 Å². The fraction of sp³-hybridized carbons (Fsp3) is 0.488. The van der Waals surface area contributed by atoms with Gasteiger partial charge in [0.25, 0.3) is 11.8 Å². The topological polar surface area (TPSA) is 157 Å². The number of nitrogens with one attached hydrogen (secondary N) is 2. The average molecular weight is 796 g/mol. The maximum absolute atomic E-state index is 13.4. The number of hydrogen-bond donors (Lipinski definition) is 2. The highest BCUT2D eigenvalue weighted by molar-refractivity contribution is 6.31. The fourth-order valence-electron chi connectivity index (χ4n) is 9.15. The van der Waals surface area contributed by atoms with E-state index in [-0.39, 0.29) is 47.1 Å². The second kappa shape index (κ2) is 16.3. The van der Waals surface area contributed by atoms with Crippen molar-refractivity contribution >= 4 is 41.0 Å². The lowest BCUT2D eigenvalue weighted by Gasteiger charge is -2.63. The molecule has 14 heteroatoms. The Morgan fingerprint density at radius 2 is 1.74 bits per heavy atom. The van der Waals surface area contributed by atoms with Gasteiger partial charge in [-0.1, -0.05) is 45.4 Å². The number of carbonyl (C=O) groups is 4. The Balaban J connectivity index is 0.800. The molecule has 1 aromatic heterocycles. The van der Waals surface area contributed by atoms with Gasteiger partial charge in [0.15, 0.2) is 0 Å². The summed E-state index contributed by atoms with van der Waals surface area (Å²) in [4.78, 5) is 61.3. The molecule has 300 valence electrons. The normalized spacial score (nSPS) is 22.6. The molecule has 3 aliphatic heterocycles. The molecule has 2 saturated heterocycles. The van der Waals surface area contributed by atoms with Gasteiger partial charge in [-0.05, 0) is 74.2 Å². The Hall–Kier alpha value is -5.19. The third kappa shape index (κ3) is 8.29. The minimum Gasteiger partial charge on any atom is -0.494 e. The van der Waals surface area contributed by atoms with Gasteiger partial charge >= 0.3 is 0 Å². The molecule has 0 bridgehead atoms. The summed E-state index contributed by atoms with van der Waals surface area (Å²) in [7, 11) is 0. The van der Waals surface area contributed by atoms with Crippen LogP contribution in [0.2, 0.25) is 5.02 Å². The number of aromatic nitrogens is 1. The lowest BCUT2D eigenvalue weighted by molar-refractivity contribution is -0.164. The molecule has 4 heterocycles. The second-order valence-corrected chi connectivity index (χ2v) is 17.1. The van der Waals surface area contributed by atoms with E-state index < -0.39 is 11.9 Å². The molecular weight excluding hydrogens is 746 g/mol. The van der Waals surface area contributed by atoms with Crippen molar-refractivity contribution in [3.63, 3.8) is 0 Å². The Labute approximate surface area is 338 Å². The van der Waals surface area contributed by atoms with Crippen LogP contribution in [-0.4, -0.2) is 95.9 Å². The van der Waals surface area contributed by atoms with Crippen molar-refractivity contribution in [2.75, 3.05) is 44.2 Å². The molecule has 0 spiro atoms. The largest absolute Gasteiger partial charge is 0.494 e. The number of piperidine rings is 1. The number of hydrogen-bond acceptors (Lipinski definition) is 10. The van der Waals surface area contributed by atoms with E-state index in [1.54, 1.807) is 35.4 Å². The van der Waals surface area contributed by atoms with Crippen LogP contribution in [0, 0.1) is 22.2 Å². The summed E-state index contributed by atoms with van der Waals surface area (Å²) in [6.07, 6.45) is 5.02. The number of unbranched alkanes of at least 4 members (excludes halogenated alkanes) is 2. The number of ether oxygens (including phenoxy) is 2. The van der Waals surface area contributed by atoms with Crippen molar-refractivity contribution in [3.05, 3.63) is 82.0 Å². The zero-order valence-electron chi connectivity index (χ0n) is 33.0. The molecule has 1 unspecified atom stereocenters. The molecule has 57 heavy (non-hydrogen) atoms. The molecule has 2 aromatic carbocycles. The van der Waals surface area contributed by atoms with E-state index in [1.807, 2.05) is 24.3 Å². The highest BCUT2D eigenvalue weighted by atomic mass is 35.5. The number of halogens is 1. The molecule has 2 N–H and O–H groups in total. The molecule has 0 radical (unpaired) electrons. The number of anilines is 1. The number of pyridine rings is 1. The number of carbonyl (C=O) groups excluding carboxylic acids is 4. The first-order valence-corrected chi connectivity index (χ1v) is 20.1. The van der Waals surface area contributed by atoms with Crippen LogP contribution >= 0.6 is 11.6 Å². The summed E-state index contributed by atoms with van der Waals surface area (Å²) < 4.78 is 12.4. The second-order valence-electron chi connectivity index (χ2n) is 16.7. The van der Waals surface area contributed by atoms with E-state index in [4.69, 9.17) is 21.1 Å². The van der Waals surface area contributed by atoms with E-state index in [9.17, 15) is 24.4 Å². The molecule has 4 aliphatic rings. The molecular formula is C43H50ClN7O6. The third-order valence-electron chi connectivity index (χ3n) is 12.0. The van der Waals surface area contributed by atoms with E-state index in [0.717, 1.165) is 63.4 Å². The lowest BCUT2D eigenvalue weighted by Crippen LogP contribution is -2.74. The van der Waals surface area contributed by atoms with Crippen LogP contribution in [0.15, 0.2) is 54.7 Å². The molecule has 3 aromatic rings. The number of benzene rings is 2. The Morgan fingerprint density at radius 3 is 2.42 bits per heavy atom. The summed E-state index contributed by atoms with van der Waals surface area (Å²) in [6.45, 7) is 13.8. The van der Waals surface area contributed by atoms with Crippen molar-refractivity contribution in [2.24, 2.45) is 10.8 Å². The standard InChI is InChI=1S/C43H50ClN7O6/c1-42(2)40(43(3,4)41(42)57-31-12-8-27(24-45)33(44)23-31)48-37(53)28-10-14-35(46-25-28)50-19-17-49(18-20-50)16-6-5-7-21-56-30-11-9-29-26-51(39(55)32(29)22-30)34-13-15-36(52)47-38(34)54/h8-12,14,22-23,25,34,40-41H,5-7,13,15-21,26H2,1-4H3,(H,48,53)(H,47,52,54). The molecule has 1 aliphatic carbocycles. The van der Waals surface area contributed by atoms with Crippen LogP contribution in [0.5, 0.6) is 11.5 Å². The van der Waals surface area contributed by atoms with Gasteiger partial charge in [0.1, 0.15) is 35.5 Å². The first-order valence-electron chi connectivity index (χ1n) is 19.8. The quantitative estimate of drug-likeness (QED) is 0.171. The average Bonchev–Trinajstić information content (AvgIpc) is 3.52. The molecule has 4 amide bonds. The van der Waals surface area contributed by atoms with Gasteiger partial charge in [0.05, 0.1) is 22.8 Å². The number of piperazine rings is 1. The van der Waals surface area contributed by atoms with Crippen LogP contribution in [0.4, 0.5) is 5.82 Å². The molecule has 13 nitrogen and oxygen atoms in total. The number of fused-ring (bicyclic) bond motifs is 1. The van der Waals surface area contributed by atoms with E-state index >= 15 is 0 Å². The van der Waals surface area contributed by atoms with Crippen LogP contribution in [-0.2, 0) is 16.1 Å². The lowest BCUT2D eigenvalue weighted by atomic mass is 9.49. The number of rotatable bonds is 13. The first kappa shape index (κ1) is 40.0. The summed E-state index contributed by atoms with van der Waals surface area (Å²) in [6, 6.07) is 15.7. The van der Waals surface area contributed by atoms with E-state index in [1.165, 1.54) is 0 Å². The maximum atomic E-state index is 13.4. The van der Waals surface area contributed by atoms with Crippen molar-refractivity contribution < 1.29 is 28.7 Å². The smallest absolute Gasteiger partial charge is 0.255 e. The maximum Gasteiger partial charge on any atom is 0.255 e.